The molecule has 0 heterocycles. The predicted molar refractivity (Wildman–Crippen MR) is 91.6 cm³/mol. The average molecular weight is 309 g/mol. The van der Waals surface area contributed by atoms with E-state index in [2.05, 4.69) is 37.9 Å². The van der Waals surface area contributed by atoms with Gasteiger partial charge in [0.2, 0.25) is 0 Å². The van der Waals surface area contributed by atoms with Crippen LogP contribution in [0.1, 0.15) is 57.6 Å². The lowest BCUT2D eigenvalue weighted by atomic mass is 9.85. The van der Waals surface area contributed by atoms with Gasteiger partial charge < -0.3 is 5.73 Å². The molecule has 0 aromatic heterocycles. The lowest BCUT2D eigenvalue weighted by Gasteiger charge is -2.41. The third kappa shape index (κ3) is 4.00. The van der Waals surface area contributed by atoms with Crippen LogP contribution in [0.25, 0.3) is 0 Å². The van der Waals surface area contributed by atoms with Gasteiger partial charge in [-0.2, -0.15) is 0 Å². The van der Waals surface area contributed by atoms with Crippen LogP contribution in [0.2, 0.25) is 5.02 Å². The fraction of sp³-hybridized carbons (Fsp3) is 0.667. The van der Waals surface area contributed by atoms with Gasteiger partial charge >= 0.3 is 0 Å². The van der Waals surface area contributed by atoms with Crippen molar-refractivity contribution >= 4 is 11.6 Å². The number of likely N-dealkylation sites (N-methyl/N-ethyl adjacent to an activating group) is 1. The van der Waals surface area contributed by atoms with Crippen LogP contribution in [-0.4, -0.2) is 24.0 Å². The van der Waals surface area contributed by atoms with Crippen molar-refractivity contribution in [3.8, 4) is 0 Å². The predicted octanol–water partition coefficient (Wildman–Crippen LogP) is 4.63. The zero-order valence-electron chi connectivity index (χ0n) is 13.6. The Balaban J connectivity index is 2.22. The molecule has 0 saturated heterocycles. The molecule has 118 valence electrons. The van der Waals surface area contributed by atoms with Gasteiger partial charge in [0.05, 0.1) is 6.04 Å². The minimum absolute atomic E-state index is 0.120. The van der Waals surface area contributed by atoms with Gasteiger partial charge in [-0.05, 0) is 56.7 Å². The van der Waals surface area contributed by atoms with Gasteiger partial charge in [0.1, 0.15) is 0 Å². The fourth-order valence-corrected chi connectivity index (χ4v) is 3.81. The summed E-state index contributed by atoms with van der Waals surface area (Å²) in [7, 11) is 2.23. The number of rotatable bonds is 5. The Morgan fingerprint density at radius 2 is 1.86 bits per heavy atom. The summed E-state index contributed by atoms with van der Waals surface area (Å²) in [5, 5.41) is 0.836. The van der Waals surface area contributed by atoms with Crippen LogP contribution in [0, 0.1) is 5.92 Å². The summed E-state index contributed by atoms with van der Waals surface area (Å²) >= 11 is 6.44. The first-order valence-electron chi connectivity index (χ1n) is 8.26. The number of benzene rings is 1. The summed E-state index contributed by atoms with van der Waals surface area (Å²) in [6, 6.07) is 9.11. The summed E-state index contributed by atoms with van der Waals surface area (Å²) in [5.74, 6) is 0.869. The number of nitrogens with two attached hydrogens (primary N) is 1. The average Bonchev–Trinajstić information content (AvgIpc) is 2.49. The number of nitrogens with zero attached hydrogens (tertiary/aromatic N) is 1. The molecule has 2 nitrogen and oxygen atoms in total. The molecule has 0 bridgehead atoms. The van der Waals surface area contributed by atoms with Crippen LogP contribution < -0.4 is 5.73 Å². The molecule has 1 aromatic carbocycles. The van der Waals surface area contributed by atoms with Gasteiger partial charge in [-0.1, -0.05) is 43.6 Å². The largest absolute Gasteiger partial charge is 0.326 e. The molecule has 2 atom stereocenters. The maximum atomic E-state index is 6.45. The first kappa shape index (κ1) is 16.8. The van der Waals surface area contributed by atoms with Crippen LogP contribution >= 0.6 is 11.6 Å². The molecule has 2 N–H and O–H groups in total. The quantitative estimate of drug-likeness (QED) is 0.859. The van der Waals surface area contributed by atoms with Gasteiger partial charge in [0, 0.05) is 17.1 Å². The highest BCUT2D eigenvalue weighted by Crippen LogP contribution is 2.35. The van der Waals surface area contributed by atoms with Gasteiger partial charge in [-0.15, -0.1) is 0 Å². The van der Waals surface area contributed by atoms with E-state index >= 15 is 0 Å². The van der Waals surface area contributed by atoms with Crippen molar-refractivity contribution < 1.29 is 0 Å². The number of hydrogen-bond donors (Lipinski definition) is 1. The van der Waals surface area contributed by atoms with E-state index in [1.807, 2.05) is 12.1 Å². The molecule has 0 aliphatic heterocycles. The summed E-state index contributed by atoms with van der Waals surface area (Å²) < 4.78 is 0. The molecule has 2 rings (SSSR count). The summed E-state index contributed by atoms with van der Waals surface area (Å²) in [6.45, 7) is 4.52. The van der Waals surface area contributed by atoms with Crippen molar-refractivity contribution in [2.24, 2.45) is 11.7 Å². The van der Waals surface area contributed by atoms with E-state index in [0.29, 0.717) is 6.04 Å². The van der Waals surface area contributed by atoms with E-state index in [4.69, 9.17) is 17.3 Å². The molecule has 1 aliphatic rings. The van der Waals surface area contributed by atoms with Gasteiger partial charge in [-0.3, -0.25) is 4.90 Å². The molecule has 3 heteroatoms. The molecule has 0 amide bonds. The van der Waals surface area contributed by atoms with Crippen molar-refractivity contribution in [1.82, 2.24) is 4.90 Å². The van der Waals surface area contributed by atoms with E-state index in [0.717, 1.165) is 17.4 Å². The van der Waals surface area contributed by atoms with Crippen molar-refractivity contribution in [1.29, 1.82) is 0 Å². The first-order valence-corrected chi connectivity index (χ1v) is 8.64. The van der Waals surface area contributed by atoms with Crippen molar-refractivity contribution in [3.63, 3.8) is 0 Å². The standard InChI is InChI=1S/C18H29ClN2/c1-4-17(20)18(15-7-5-6-8-16(15)19)21(3)14-11-9-13(2)10-12-14/h5-8,13-14,17-18H,4,9-12,20H2,1-3H3. The highest BCUT2D eigenvalue weighted by Gasteiger charge is 2.31. The zero-order chi connectivity index (χ0) is 15.4. The first-order chi connectivity index (χ1) is 10.0. The molecule has 1 fully saturated rings. The molecular formula is C18H29ClN2. The Hall–Kier alpha value is -0.570. The smallest absolute Gasteiger partial charge is 0.0513 e. The lowest BCUT2D eigenvalue weighted by Crippen LogP contribution is -2.45. The third-order valence-electron chi connectivity index (χ3n) is 5.10. The molecular weight excluding hydrogens is 280 g/mol. The van der Waals surface area contributed by atoms with Gasteiger partial charge in [-0.25, -0.2) is 0 Å². The van der Waals surface area contributed by atoms with Crippen LogP contribution in [0.15, 0.2) is 24.3 Å². The van der Waals surface area contributed by atoms with Gasteiger partial charge in [0.15, 0.2) is 0 Å². The summed E-state index contributed by atoms with van der Waals surface area (Å²) in [6.07, 6.45) is 6.16. The van der Waals surface area contributed by atoms with E-state index in [1.54, 1.807) is 0 Å². The van der Waals surface area contributed by atoms with Crippen molar-refractivity contribution in [2.75, 3.05) is 7.05 Å². The maximum absolute atomic E-state index is 6.45. The molecule has 21 heavy (non-hydrogen) atoms. The van der Waals surface area contributed by atoms with E-state index < -0.39 is 0 Å². The molecule has 1 aliphatic carbocycles. The van der Waals surface area contributed by atoms with Crippen molar-refractivity contribution in [2.45, 2.75) is 64.1 Å². The highest BCUT2D eigenvalue weighted by atomic mass is 35.5. The molecule has 2 unspecified atom stereocenters. The van der Waals surface area contributed by atoms with E-state index in [-0.39, 0.29) is 12.1 Å². The normalized spacial score (nSPS) is 25.8. The maximum Gasteiger partial charge on any atom is 0.0513 e. The zero-order valence-corrected chi connectivity index (χ0v) is 14.3. The van der Waals surface area contributed by atoms with E-state index in [1.165, 1.54) is 31.2 Å². The minimum atomic E-state index is 0.120. The third-order valence-corrected chi connectivity index (χ3v) is 5.45. The Kier molecular flexibility index (Phi) is 6.09. The highest BCUT2D eigenvalue weighted by molar-refractivity contribution is 6.31. The molecule has 0 radical (unpaired) electrons. The Morgan fingerprint density at radius 3 is 2.43 bits per heavy atom. The van der Waals surface area contributed by atoms with Crippen LogP contribution in [0.5, 0.6) is 0 Å². The number of hydrogen-bond acceptors (Lipinski definition) is 2. The summed E-state index contributed by atoms with van der Waals surface area (Å²) in [5.41, 5.74) is 7.63. The lowest BCUT2D eigenvalue weighted by molar-refractivity contribution is 0.107. The summed E-state index contributed by atoms with van der Waals surface area (Å²) in [4.78, 5) is 2.49. The second-order valence-corrected chi connectivity index (χ2v) is 7.02. The van der Waals surface area contributed by atoms with Crippen molar-refractivity contribution in [3.05, 3.63) is 34.9 Å². The Labute approximate surface area is 134 Å². The monoisotopic (exact) mass is 308 g/mol. The molecule has 1 aromatic rings. The molecule has 0 spiro atoms. The minimum Gasteiger partial charge on any atom is -0.326 e. The topological polar surface area (TPSA) is 29.3 Å². The Bertz CT molecular complexity index is 441. The number of halogens is 1. The second-order valence-electron chi connectivity index (χ2n) is 6.62. The van der Waals surface area contributed by atoms with Crippen LogP contribution in [0.3, 0.4) is 0 Å². The van der Waals surface area contributed by atoms with Gasteiger partial charge in [0.25, 0.3) is 0 Å². The van der Waals surface area contributed by atoms with E-state index in [9.17, 15) is 0 Å². The molecule has 1 saturated carbocycles. The second kappa shape index (κ2) is 7.62. The fourth-order valence-electron chi connectivity index (χ4n) is 3.57. The SMILES string of the molecule is CCC(N)C(c1ccccc1Cl)N(C)C1CCC(C)CC1. The van der Waals surface area contributed by atoms with Crippen LogP contribution in [-0.2, 0) is 0 Å². The Morgan fingerprint density at radius 1 is 1.24 bits per heavy atom. The van der Waals surface area contributed by atoms with Crippen LogP contribution in [0.4, 0.5) is 0 Å².